The van der Waals surface area contributed by atoms with Crippen LogP contribution in [0.1, 0.15) is 5.69 Å². The van der Waals surface area contributed by atoms with Crippen molar-refractivity contribution in [2.75, 3.05) is 11.8 Å². The summed E-state index contributed by atoms with van der Waals surface area (Å²) in [5.74, 6) is 1.95. The molecule has 2 aromatic carbocycles. The Bertz CT molecular complexity index is 1270. The number of hydrogen-bond donors (Lipinski definition) is 1. The van der Waals surface area contributed by atoms with Gasteiger partial charge in [0.15, 0.2) is 5.82 Å². The second-order valence-corrected chi connectivity index (χ2v) is 8.22. The zero-order valence-electron chi connectivity index (χ0n) is 16.8. The first kappa shape index (κ1) is 20.4. The quantitative estimate of drug-likeness (QED) is 0.471. The van der Waals surface area contributed by atoms with Crippen LogP contribution in [0.4, 0.5) is 5.69 Å². The Labute approximate surface area is 179 Å². The van der Waals surface area contributed by atoms with Gasteiger partial charge < -0.3 is 9.47 Å². The highest BCUT2D eigenvalue weighted by Crippen LogP contribution is 2.24. The third-order valence-corrected chi connectivity index (χ3v) is 5.68. The minimum Gasteiger partial charge on any atom is -0.497 e. The summed E-state index contributed by atoms with van der Waals surface area (Å²) in [6.07, 6.45) is 1.80. The number of nitrogens with zero attached hydrogens (tertiary/aromatic N) is 4. The van der Waals surface area contributed by atoms with Crippen molar-refractivity contribution in [1.29, 1.82) is 0 Å². The van der Waals surface area contributed by atoms with Crippen molar-refractivity contribution in [2.24, 2.45) is 0 Å². The van der Waals surface area contributed by atoms with Crippen LogP contribution in [0.2, 0.25) is 0 Å². The van der Waals surface area contributed by atoms with Gasteiger partial charge in [-0.05, 0) is 67.6 Å². The number of sulfonamides is 1. The van der Waals surface area contributed by atoms with Crippen LogP contribution in [0.15, 0.2) is 77.8 Å². The van der Waals surface area contributed by atoms with Crippen LogP contribution in [0.5, 0.6) is 17.4 Å². The van der Waals surface area contributed by atoms with Crippen molar-refractivity contribution in [3.8, 4) is 23.2 Å². The van der Waals surface area contributed by atoms with E-state index in [1.54, 1.807) is 59.4 Å². The normalized spacial score (nSPS) is 11.2. The Morgan fingerprint density at radius 1 is 0.871 bits per heavy atom. The molecule has 0 radical (unpaired) electrons. The summed E-state index contributed by atoms with van der Waals surface area (Å²) in [7, 11) is -2.20. The zero-order chi connectivity index (χ0) is 21.8. The summed E-state index contributed by atoms with van der Waals surface area (Å²) in [6, 6.07) is 17.9. The molecule has 4 rings (SSSR count). The standard InChI is InChI=1S/C21H19N5O4S/c1-15-13-14-26(24-15)20-11-12-21(23-22-20)30-18-5-3-16(4-6-18)25-31(27,28)19-9-7-17(29-2)8-10-19/h3-14,25H,1-2H3. The molecule has 0 saturated heterocycles. The molecule has 4 aromatic rings. The monoisotopic (exact) mass is 437 g/mol. The van der Waals surface area contributed by atoms with Crippen LogP contribution in [-0.4, -0.2) is 35.5 Å². The molecule has 31 heavy (non-hydrogen) atoms. The van der Waals surface area contributed by atoms with Crippen LogP contribution in [0.3, 0.4) is 0 Å². The molecule has 0 aliphatic heterocycles. The number of benzene rings is 2. The average Bonchev–Trinajstić information content (AvgIpc) is 3.22. The Kier molecular flexibility index (Phi) is 5.54. The van der Waals surface area contributed by atoms with E-state index in [2.05, 4.69) is 20.0 Å². The molecule has 0 unspecified atom stereocenters. The second kappa shape index (κ2) is 8.44. The van der Waals surface area contributed by atoms with Gasteiger partial charge in [-0.15, -0.1) is 10.2 Å². The van der Waals surface area contributed by atoms with E-state index in [9.17, 15) is 8.42 Å². The van der Waals surface area contributed by atoms with E-state index in [0.717, 1.165) is 5.69 Å². The number of hydrogen-bond acceptors (Lipinski definition) is 7. The van der Waals surface area contributed by atoms with Gasteiger partial charge in [0.2, 0.25) is 5.88 Å². The lowest BCUT2D eigenvalue weighted by atomic mass is 10.3. The molecular weight excluding hydrogens is 418 g/mol. The Morgan fingerprint density at radius 2 is 1.58 bits per heavy atom. The topological polar surface area (TPSA) is 108 Å². The van der Waals surface area contributed by atoms with Crippen molar-refractivity contribution >= 4 is 15.7 Å². The van der Waals surface area contributed by atoms with Gasteiger partial charge in [-0.2, -0.15) is 5.10 Å². The number of ether oxygens (including phenoxy) is 2. The summed E-state index contributed by atoms with van der Waals surface area (Å²) in [5.41, 5.74) is 1.28. The molecule has 0 spiro atoms. The molecule has 158 valence electrons. The third kappa shape index (κ3) is 4.81. The molecule has 10 heteroatoms. The lowest BCUT2D eigenvalue weighted by molar-refractivity contribution is 0.414. The van der Waals surface area contributed by atoms with Crippen molar-refractivity contribution in [2.45, 2.75) is 11.8 Å². The first-order valence-electron chi connectivity index (χ1n) is 9.24. The summed E-state index contributed by atoms with van der Waals surface area (Å²) in [6.45, 7) is 1.89. The van der Waals surface area contributed by atoms with Gasteiger partial charge in [0.25, 0.3) is 10.0 Å². The van der Waals surface area contributed by atoms with Crippen LogP contribution < -0.4 is 14.2 Å². The lowest BCUT2D eigenvalue weighted by Crippen LogP contribution is -2.12. The molecule has 2 aromatic heterocycles. The number of methoxy groups -OCH3 is 1. The molecule has 0 saturated carbocycles. The van der Waals surface area contributed by atoms with E-state index < -0.39 is 10.0 Å². The van der Waals surface area contributed by atoms with Crippen LogP contribution in [-0.2, 0) is 10.0 Å². The fourth-order valence-corrected chi connectivity index (χ4v) is 3.77. The highest BCUT2D eigenvalue weighted by molar-refractivity contribution is 7.92. The second-order valence-electron chi connectivity index (χ2n) is 6.54. The summed E-state index contributed by atoms with van der Waals surface area (Å²) < 4.78 is 39.9. The molecule has 0 bridgehead atoms. The number of nitrogens with one attached hydrogen (secondary N) is 1. The first-order valence-corrected chi connectivity index (χ1v) is 10.7. The van der Waals surface area contributed by atoms with E-state index in [-0.39, 0.29) is 4.90 Å². The first-order chi connectivity index (χ1) is 14.9. The predicted molar refractivity (Wildman–Crippen MR) is 114 cm³/mol. The van der Waals surface area contributed by atoms with Crippen LogP contribution in [0.25, 0.3) is 5.82 Å². The SMILES string of the molecule is COc1ccc(S(=O)(=O)Nc2ccc(Oc3ccc(-n4ccc(C)n4)nn3)cc2)cc1. The van der Waals surface area contributed by atoms with Crippen LogP contribution >= 0.6 is 0 Å². The maximum Gasteiger partial charge on any atom is 0.261 e. The minimum atomic E-state index is -3.72. The van der Waals surface area contributed by atoms with Crippen molar-refractivity contribution < 1.29 is 17.9 Å². The van der Waals surface area contributed by atoms with Crippen molar-refractivity contribution in [3.05, 3.63) is 78.6 Å². The van der Waals surface area contributed by atoms with Gasteiger partial charge in [-0.3, -0.25) is 4.72 Å². The largest absolute Gasteiger partial charge is 0.497 e. The van der Waals surface area contributed by atoms with E-state index in [4.69, 9.17) is 9.47 Å². The molecule has 1 N–H and O–H groups in total. The maximum absolute atomic E-state index is 12.5. The van der Waals surface area contributed by atoms with Gasteiger partial charge in [0.05, 0.1) is 17.7 Å². The van der Waals surface area contributed by atoms with E-state index in [0.29, 0.717) is 28.9 Å². The molecule has 0 aliphatic rings. The molecule has 0 aliphatic carbocycles. The maximum atomic E-state index is 12.5. The molecule has 0 atom stereocenters. The Balaban J connectivity index is 1.42. The third-order valence-electron chi connectivity index (χ3n) is 4.28. The van der Waals surface area contributed by atoms with Crippen molar-refractivity contribution in [1.82, 2.24) is 20.0 Å². The van der Waals surface area contributed by atoms with E-state index in [1.165, 1.54) is 19.2 Å². The Morgan fingerprint density at radius 3 is 2.16 bits per heavy atom. The Hall–Kier alpha value is -3.92. The smallest absolute Gasteiger partial charge is 0.261 e. The highest BCUT2D eigenvalue weighted by atomic mass is 32.2. The molecule has 0 amide bonds. The number of aryl methyl sites for hydroxylation is 1. The van der Waals surface area contributed by atoms with E-state index in [1.807, 2.05) is 13.0 Å². The highest BCUT2D eigenvalue weighted by Gasteiger charge is 2.14. The summed E-state index contributed by atoms with van der Waals surface area (Å²) in [5, 5.41) is 12.4. The molecule has 9 nitrogen and oxygen atoms in total. The number of rotatable bonds is 7. The molecule has 0 fully saturated rings. The van der Waals surface area contributed by atoms with Gasteiger partial charge in [0, 0.05) is 18.0 Å². The van der Waals surface area contributed by atoms with E-state index >= 15 is 0 Å². The summed E-state index contributed by atoms with van der Waals surface area (Å²) >= 11 is 0. The fraction of sp³-hybridized carbons (Fsp3) is 0.0952. The number of anilines is 1. The van der Waals surface area contributed by atoms with Gasteiger partial charge in [-0.25, -0.2) is 13.1 Å². The molecule has 2 heterocycles. The minimum absolute atomic E-state index is 0.136. The predicted octanol–water partition coefficient (Wildman–Crippen LogP) is 3.57. The zero-order valence-corrected chi connectivity index (χ0v) is 17.6. The summed E-state index contributed by atoms with van der Waals surface area (Å²) in [4.78, 5) is 0.136. The van der Waals surface area contributed by atoms with Crippen LogP contribution in [0, 0.1) is 6.92 Å². The lowest BCUT2D eigenvalue weighted by Gasteiger charge is -2.10. The molecular formula is C21H19N5O4S. The number of aromatic nitrogens is 4. The van der Waals surface area contributed by atoms with Gasteiger partial charge in [-0.1, -0.05) is 0 Å². The fourth-order valence-electron chi connectivity index (χ4n) is 2.71. The van der Waals surface area contributed by atoms with Gasteiger partial charge in [0.1, 0.15) is 11.5 Å². The van der Waals surface area contributed by atoms with Crippen molar-refractivity contribution in [3.63, 3.8) is 0 Å². The van der Waals surface area contributed by atoms with Gasteiger partial charge >= 0.3 is 0 Å². The average molecular weight is 437 g/mol.